The summed E-state index contributed by atoms with van der Waals surface area (Å²) in [5.41, 5.74) is 0.646. The number of morpholine rings is 1. The number of ether oxygens (including phenoxy) is 2. The first kappa shape index (κ1) is 23.7. The number of methoxy groups -OCH3 is 1. The van der Waals surface area contributed by atoms with Crippen molar-refractivity contribution >= 4 is 12.4 Å². The summed E-state index contributed by atoms with van der Waals surface area (Å²) in [6.45, 7) is 1.96. The van der Waals surface area contributed by atoms with Gasteiger partial charge in [-0.3, -0.25) is 14.5 Å². The van der Waals surface area contributed by atoms with Crippen molar-refractivity contribution in [2.75, 3.05) is 40.9 Å². The van der Waals surface area contributed by atoms with Crippen LogP contribution < -0.4 is 4.74 Å². The second-order valence-corrected chi connectivity index (χ2v) is 8.03. The molecule has 9 nitrogen and oxygen atoms in total. The number of carboxylic acid groups (broad SMARTS) is 1. The molecule has 3 heterocycles. The molecule has 2 aliphatic heterocycles. The van der Waals surface area contributed by atoms with Gasteiger partial charge in [-0.1, -0.05) is 6.07 Å². The molecule has 32 heavy (non-hydrogen) atoms. The van der Waals surface area contributed by atoms with E-state index < -0.39 is 5.82 Å². The fourth-order valence-electron chi connectivity index (χ4n) is 4.33. The van der Waals surface area contributed by atoms with Gasteiger partial charge in [-0.2, -0.15) is 0 Å². The van der Waals surface area contributed by atoms with E-state index in [1.807, 2.05) is 12.3 Å². The van der Waals surface area contributed by atoms with Gasteiger partial charge in [-0.15, -0.1) is 0 Å². The van der Waals surface area contributed by atoms with Crippen molar-refractivity contribution in [1.82, 2.24) is 19.4 Å². The molecule has 2 fully saturated rings. The van der Waals surface area contributed by atoms with E-state index in [9.17, 15) is 9.18 Å². The van der Waals surface area contributed by atoms with E-state index in [0.29, 0.717) is 30.5 Å². The Kier molecular flexibility index (Phi) is 7.81. The number of carbonyl (C=O) groups is 2. The zero-order valence-electron chi connectivity index (χ0n) is 18.5. The van der Waals surface area contributed by atoms with Crippen molar-refractivity contribution < 1.29 is 28.6 Å². The molecule has 0 saturated carbocycles. The molecule has 0 unspecified atom stereocenters. The number of aromatic nitrogens is 2. The van der Waals surface area contributed by atoms with Gasteiger partial charge in [0.1, 0.15) is 5.82 Å². The zero-order valence-corrected chi connectivity index (χ0v) is 18.5. The van der Waals surface area contributed by atoms with Crippen LogP contribution in [0.2, 0.25) is 0 Å². The average molecular weight is 448 g/mol. The summed E-state index contributed by atoms with van der Waals surface area (Å²) in [5.74, 6) is 0.595. The molecule has 10 heteroatoms. The number of hydrogen-bond acceptors (Lipinski definition) is 6. The fourth-order valence-corrected chi connectivity index (χ4v) is 4.33. The summed E-state index contributed by atoms with van der Waals surface area (Å²) in [6, 6.07) is 5.41. The Bertz CT molecular complexity index is 935. The van der Waals surface area contributed by atoms with Crippen LogP contribution in [0.15, 0.2) is 30.6 Å². The minimum Gasteiger partial charge on any atom is -0.493 e. The molecule has 3 atom stereocenters. The first-order chi connectivity index (χ1) is 15.4. The van der Waals surface area contributed by atoms with E-state index in [-0.39, 0.29) is 30.3 Å². The Balaban J connectivity index is 0.000000913. The normalized spacial score (nSPS) is 22.4. The van der Waals surface area contributed by atoms with Crippen molar-refractivity contribution in [3.8, 4) is 17.1 Å². The topological polar surface area (TPSA) is 97.1 Å². The molecule has 1 N–H and O–H groups in total. The van der Waals surface area contributed by atoms with Crippen LogP contribution in [0.5, 0.6) is 5.75 Å². The van der Waals surface area contributed by atoms with Gasteiger partial charge >= 0.3 is 0 Å². The first-order valence-corrected chi connectivity index (χ1v) is 10.4. The van der Waals surface area contributed by atoms with Gasteiger partial charge < -0.3 is 24.0 Å². The number of carbonyl (C=O) groups excluding carboxylic acids is 1. The summed E-state index contributed by atoms with van der Waals surface area (Å²) in [6.07, 6.45) is 4.93. The van der Waals surface area contributed by atoms with Crippen LogP contribution in [-0.2, 0) is 14.3 Å². The molecule has 0 aliphatic carbocycles. The number of amides is 1. The number of fused-ring (bicyclic) bond motifs is 1. The predicted molar refractivity (Wildman–Crippen MR) is 115 cm³/mol. The monoisotopic (exact) mass is 448 g/mol. The zero-order chi connectivity index (χ0) is 23.3. The van der Waals surface area contributed by atoms with E-state index in [2.05, 4.69) is 14.5 Å². The van der Waals surface area contributed by atoms with Gasteiger partial charge in [0.05, 0.1) is 31.8 Å². The van der Waals surface area contributed by atoms with Gasteiger partial charge in [0.15, 0.2) is 11.6 Å². The molecular weight excluding hydrogens is 419 g/mol. The summed E-state index contributed by atoms with van der Waals surface area (Å²) >= 11 is 0. The van der Waals surface area contributed by atoms with Crippen molar-refractivity contribution in [2.24, 2.45) is 0 Å². The lowest BCUT2D eigenvalue weighted by Crippen LogP contribution is -2.47. The summed E-state index contributed by atoms with van der Waals surface area (Å²) < 4.78 is 27.5. The standard InChI is InChI=1S/C21H27FN4O3.CH2O2/c1-24(2)19(27)10-16-12-25-11-14(9-15(25)13-29-16)26-8-7-23-21(26)17-5-4-6-18(22)20(17)28-3;2-1-3/h4-8,14-16H,9-13H2,1-3H3;1H,(H,2,3)/t14-,15+,16+;/m1./s1. The van der Waals surface area contributed by atoms with E-state index in [4.69, 9.17) is 19.4 Å². The molecule has 1 aromatic carbocycles. The largest absolute Gasteiger partial charge is 0.493 e. The predicted octanol–water partition coefficient (Wildman–Crippen LogP) is 1.89. The molecule has 2 aromatic rings. The highest BCUT2D eigenvalue weighted by molar-refractivity contribution is 5.76. The third-order valence-corrected chi connectivity index (χ3v) is 5.84. The van der Waals surface area contributed by atoms with Crippen LogP contribution in [0.1, 0.15) is 18.9 Å². The molecule has 4 rings (SSSR count). The first-order valence-electron chi connectivity index (χ1n) is 10.4. The number of rotatable bonds is 5. The number of halogens is 1. The lowest BCUT2D eigenvalue weighted by molar-refractivity contribution is -0.134. The SMILES string of the molecule is COc1c(F)cccc1-c1nccn1[C@@H]1C[C@H]2CO[C@@H](CC(=O)N(C)C)CN2C1.O=CO. The molecule has 0 radical (unpaired) electrons. The molecule has 1 aromatic heterocycles. The van der Waals surface area contributed by atoms with E-state index in [0.717, 1.165) is 19.5 Å². The summed E-state index contributed by atoms with van der Waals surface area (Å²) in [4.78, 5) is 28.9. The Morgan fingerprint density at radius 1 is 1.38 bits per heavy atom. The number of hydrogen-bond donors (Lipinski definition) is 1. The average Bonchev–Trinajstić information content (AvgIpc) is 3.40. The molecule has 0 bridgehead atoms. The highest BCUT2D eigenvalue weighted by atomic mass is 19.1. The van der Waals surface area contributed by atoms with Crippen LogP contribution >= 0.6 is 0 Å². The quantitative estimate of drug-likeness (QED) is 0.698. The lowest BCUT2D eigenvalue weighted by Gasteiger charge is -2.35. The highest BCUT2D eigenvalue weighted by Gasteiger charge is 2.39. The summed E-state index contributed by atoms with van der Waals surface area (Å²) in [5, 5.41) is 6.89. The van der Waals surface area contributed by atoms with Crippen LogP contribution in [0.25, 0.3) is 11.4 Å². The third-order valence-electron chi connectivity index (χ3n) is 5.84. The Morgan fingerprint density at radius 3 is 2.81 bits per heavy atom. The minimum atomic E-state index is -0.398. The molecule has 0 spiro atoms. The number of para-hydroxylation sites is 1. The third kappa shape index (κ3) is 5.08. The molecule has 1 amide bonds. The van der Waals surface area contributed by atoms with Crippen LogP contribution in [0.3, 0.4) is 0 Å². The van der Waals surface area contributed by atoms with Crippen LogP contribution in [0, 0.1) is 5.82 Å². The van der Waals surface area contributed by atoms with Crippen molar-refractivity contribution in [1.29, 1.82) is 0 Å². The second kappa shape index (κ2) is 10.6. The number of benzene rings is 1. The van der Waals surface area contributed by atoms with E-state index in [1.54, 1.807) is 31.3 Å². The maximum absolute atomic E-state index is 14.2. The molecular formula is C22H29FN4O5. The number of imidazole rings is 1. The maximum Gasteiger partial charge on any atom is 0.290 e. The van der Waals surface area contributed by atoms with Crippen molar-refractivity contribution in [2.45, 2.75) is 31.0 Å². The lowest BCUT2D eigenvalue weighted by atomic mass is 10.1. The summed E-state index contributed by atoms with van der Waals surface area (Å²) in [7, 11) is 5.00. The maximum atomic E-state index is 14.2. The van der Waals surface area contributed by atoms with Gasteiger partial charge in [-0.05, 0) is 18.6 Å². The molecule has 2 aliphatic rings. The molecule has 2 saturated heterocycles. The highest BCUT2D eigenvalue weighted by Crippen LogP contribution is 2.37. The number of nitrogens with zero attached hydrogens (tertiary/aromatic N) is 4. The van der Waals surface area contributed by atoms with Gasteiger partial charge in [0.25, 0.3) is 6.47 Å². The van der Waals surface area contributed by atoms with Gasteiger partial charge in [-0.25, -0.2) is 9.37 Å². The van der Waals surface area contributed by atoms with Gasteiger partial charge in [0.2, 0.25) is 5.91 Å². The molecule has 174 valence electrons. The van der Waals surface area contributed by atoms with Gasteiger partial charge in [0, 0.05) is 51.7 Å². The Morgan fingerprint density at radius 2 is 2.12 bits per heavy atom. The van der Waals surface area contributed by atoms with Crippen molar-refractivity contribution in [3.63, 3.8) is 0 Å². The smallest absolute Gasteiger partial charge is 0.290 e. The van der Waals surface area contributed by atoms with E-state index >= 15 is 0 Å². The van der Waals surface area contributed by atoms with Crippen molar-refractivity contribution in [3.05, 3.63) is 36.4 Å². The minimum absolute atomic E-state index is 0.0783. The Labute approximate surface area is 186 Å². The fraction of sp³-hybridized carbons (Fsp3) is 0.500. The van der Waals surface area contributed by atoms with Crippen LogP contribution in [-0.4, -0.2) is 89.9 Å². The Hall–Kier alpha value is -2.98. The van der Waals surface area contributed by atoms with Crippen LogP contribution in [0.4, 0.5) is 4.39 Å². The second-order valence-electron chi connectivity index (χ2n) is 8.03. The van der Waals surface area contributed by atoms with E-state index in [1.165, 1.54) is 13.2 Å².